The van der Waals surface area contributed by atoms with Crippen molar-refractivity contribution in [2.45, 2.75) is 92.8 Å². The van der Waals surface area contributed by atoms with Crippen LogP contribution in [0.15, 0.2) is 82.3 Å². The Hall–Kier alpha value is -5.19. The molecule has 1 fully saturated rings. The van der Waals surface area contributed by atoms with Gasteiger partial charge in [-0.1, -0.05) is 24.6 Å². The molecule has 0 aromatic heterocycles. The number of rotatable bonds is 24. The summed E-state index contributed by atoms with van der Waals surface area (Å²) in [5.41, 5.74) is 1.37. The molecule has 3 amide bonds. The predicted molar refractivity (Wildman–Crippen MR) is 248 cm³/mol. The minimum Gasteiger partial charge on any atom is -0.368 e. The van der Waals surface area contributed by atoms with Crippen LogP contribution in [0.2, 0.25) is 0 Å². The number of hydrogen-bond acceptors (Lipinski definition) is 15. The molecule has 2 aromatic carbocycles. The Labute approximate surface area is 400 Å². The molecule has 5 rings (SSSR count). The zero-order valence-corrected chi connectivity index (χ0v) is 41.2. The fraction of sp³-hybridized carbons (Fsp3) is 0.465. The number of imide groups is 1. The highest BCUT2D eigenvalue weighted by molar-refractivity contribution is 7.86. The summed E-state index contributed by atoms with van der Waals surface area (Å²) in [4.78, 5) is 53.7. The van der Waals surface area contributed by atoms with Crippen LogP contribution in [-0.4, -0.2) is 135 Å². The molecule has 0 aliphatic carbocycles. The first-order chi connectivity index (χ1) is 32.0. The first kappa shape index (κ1) is 54.7. The molecule has 0 bridgehead atoms. The Balaban J connectivity index is 1.37. The monoisotopic (exact) mass is 1040 g/mol. The fourth-order valence-corrected chi connectivity index (χ4v) is 10.5. The second kappa shape index (κ2) is 21.8. The highest BCUT2D eigenvalue weighted by Crippen LogP contribution is 2.51. The van der Waals surface area contributed by atoms with Crippen LogP contribution < -0.4 is 10.2 Å². The van der Waals surface area contributed by atoms with Gasteiger partial charge in [0.25, 0.3) is 52.3 Å². The van der Waals surface area contributed by atoms with E-state index in [4.69, 9.17) is 9.57 Å². The van der Waals surface area contributed by atoms with Crippen LogP contribution in [0.1, 0.15) is 83.3 Å². The summed E-state index contributed by atoms with van der Waals surface area (Å²) in [6.45, 7) is 4.97. The molecule has 3 aliphatic rings. The molecule has 378 valence electrons. The number of carbonyl (C=O) groups is 4. The molecule has 3 aliphatic heterocycles. The topological polar surface area (TPSA) is 326 Å². The molecular weight excluding hydrogens is 989 g/mol. The molecule has 5 N–H and O–H groups in total. The summed E-state index contributed by atoms with van der Waals surface area (Å²) in [7, 11) is -17.9. The smallest absolute Gasteiger partial charge is 0.358 e. The van der Waals surface area contributed by atoms with E-state index in [1.165, 1.54) is 36.4 Å². The summed E-state index contributed by atoms with van der Waals surface area (Å²) >= 11 is 0. The Kier molecular flexibility index (Phi) is 17.3. The van der Waals surface area contributed by atoms with Crippen molar-refractivity contribution in [2.75, 3.05) is 49.3 Å². The summed E-state index contributed by atoms with van der Waals surface area (Å²) in [6, 6.07) is 8.07. The van der Waals surface area contributed by atoms with Gasteiger partial charge in [-0.2, -0.15) is 38.2 Å². The standard InChI is InChI=1S/C43H54N4O18S4/c1-42(2)32-27-30(68(58,59)60)14-16-34(32)45(22-9-25-66(52,53)54)36(42)11-5-4-6-12-37-43(3,33-28-31(69(61,62)63)15-17-35(33)46(37)23-10-26-67(55,56)57)20-8-7-13-38(48)44-21-24-64-29-41(51)65-47-39(49)18-19-40(47)50/h4-6,11-12,14-17,27-28H,7-10,13,18-26,29H2,1-3H3,(H4-,44,48,52,53,54,55,56,57,58,59,60,61,62,63)/p+1. The van der Waals surface area contributed by atoms with Crippen molar-refractivity contribution < 1.29 is 85.2 Å². The molecule has 2 aromatic rings. The van der Waals surface area contributed by atoms with Crippen molar-refractivity contribution in [1.29, 1.82) is 0 Å². The van der Waals surface area contributed by atoms with Gasteiger partial charge in [-0.15, -0.1) is 5.06 Å². The van der Waals surface area contributed by atoms with Gasteiger partial charge in [-0.3, -0.25) is 32.6 Å². The Morgan fingerprint density at radius 3 is 2.01 bits per heavy atom. The normalized spacial score (nSPS) is 19.1. The van der Waals surface area contributed by atoms with E-state index < -0.39 is 87.2 Å². The minimum absolute atomic E-state index is 0.00865. The summed E-state index contributed by atoms with van der Waals surface area (Å²) in [5.74, 6) is -3.71. The number of benzene rings is 2. The number of carbonyl (C=O) groups excluding carboxylic acids is 4. The summed E-state index contributed by atoms with van der Waals surface area (Å²) < 4.78 is 141. The second-order valence-electron chi connectivity index (χ2n) is 17.2. The first-order valence-corrected chi connectivity index (χ1v) is 27.7. The van der Waals surface area contributed by atoms with Crippen LogP contribution in [0.3, 0.4) is 0 Å². The van der Waals surface area contributed by atoms with Gasteiger partial charge in [-0.05, 0) is 82.0 Å². The third kappa shape index (κ3) is 14.2. The summed E-state index contributed by atoms with van der Waals surface area (Å²) in [6.07, 6.45) is 9.42. The Morgan fingerprint density at radius 1 is 0.783 bits per heavy atom. The third-order valence-electron chi connectivity index (χ3n) is 11.8. The van der Waals surface area contributed by atoms with Gasteiger partial charge in [0.2, 0.25) is 11.6 Å². The molecule has 0 saturated carbocycles. The second-order valence-corrected chi connectivity index (χ2v) is 23.2. The lowest BCUT2D eigenvalue weighted by atomic mass is 9.77. The molecule has 1 atom stereocenters. The number of nitrogens with one attached hydrogen (secondary N) is 1. The average molecular weight is 1040 g/mol. The lowest BCUT2D eigenvalue weighted by molar-refractivity contribution is -0.437. The fourth-order valence-electron chi connectivity index (χ4n) is 8.48. The molecule has 1 unspecified atom stereocenters. The van der Waals surface area contributed by atoms with E-state index in [2.05, 4.69) is 5.32 Å². The molecule has 3 heterocycles. The van der Waals surface area contributed by atoms with Crippen molar-refractivity contribution in [3.63, 3.8) is 0 Å². The minimum atomic E-state index is -4.68. The van der Waals surface area contributed by atoms with Gasteiger partial charge < -0.3 is 19.8 Å². The number of nitrogens with zero attached hydrogens (tertiary/aromatic N) is 3. The maximum Gasteiger partial charge on any atom is 0.358 e. The average Bonchev–Trinajstić information content (AvgIpc) is 3.76. The van der Waals surface area contributed by atoms with Crippen LogP contribution in [-0.2, 0) is 80.1 Å². The number of fused-ring (bicyclic) bond motifs is 2. The van der Waals surface area contributed by atoms with Crippen LogP contribution >= 0.6 is 0 Å². The van der Waals surface area contributed by atoms with Crippen molar-refractivity contribution >= 4 is 81.2 Å². The number of unbranched alkanes of at least 4 members (excludes halogenated alkanes) is 1. The SMILES string of the molecule is CC1(C)C(/C=C/C=C/C=C2/N(CCCS(=O)(=O)O)c3ccc(S(=O)(=O)O)cc3C2(C)CCCCC(=O)NCCOCC(=O)ON2C(=O)CCC2=O)=[N+](CCCS(=O)(=O)O)c2ccc(S(=O)(=O)O)cc21. The molecule has 0 spiro atoms. The number of hydroxylamine groups is 2. The number of amides is 3. The van der Waals surface area contributed by atoms with Crippen molar-refractivity contribution in [3.8, 4) is 0 Å². The molecule has 0 radical (unpaired) electrons. The van der Waals surface area contributed by atoms with Crippen molar-refractivity contribution in [3.05, 3.63) is 83.6 Å². The van der Waals surface area contributed by atoms with Gasteiger partial charge >= 0.3 is 5.97 Å². The lowest BCUT2D eigenvalue weighted by Crippen LogP contribution is -2.34. The zero-order chi connectivity index (χ0) is 51.2. The van der Waals surface area contributed by atoms with Gasteiger partial charge in [-0.25, -0.2) is 4.79 Å². The van der Waals surface area contributed by atoms with Crippen molar-refractivity contribution in [2.24, 2.45) is 0 Å². The maximum absolute atomic E-state index is 12.7. The molecule has 22 nitrogen and oxygen atoms in total. The molecule has 26 heteroatoms. The molecule has 1 saturated heterocycles. The Morgan fingerprint density at radius 2 is 1.39 bits per heavy atom. The van der Waals surface area contributed by atoms with E-state index in [0.717, 1.165) is 0 Å². The quantitative estimate of drug-likeness (QED) is 0.0331. The van der Waals surface area contributed by atoms with Gasteiger partial charge in [0, 0.05) is 73.3 Å². The number of hydrogen-bond donors (Lipinski definition) is 5. The molecular formula is C43H55N4O18S4+. The number of ether oxygens (including phenoxy) is 1. The first-order valence-electron chi connectivity index (χ1n) is 21.6. The highest BCUT2D eigenvalue weighted by atomic mass is 32.2. The number of anilines is 1. The third-order valence-corrected chi connectivity index (χ3v) is 15.1. The van der Waals surface area contributed by atoms with Crippen LogP contribution in [0.4, 0.5) is 11.4 Å². The Bertz CT molecular complexity index is 2930. The largest absolute Gasteiger partial charge is 0.368 e. The zero-order valence-electron chi connectivity index (χ0n) is 37.9. The lowest BCUT2D eigenvalue weighted by Gasteiger charge is -2.30. The number of allylic oxidation sites excluding steroid dienone is 6. The van der Waals surface area contributed by atoms with E-state index in [1.54, 1.807) is 39.9 Å². The highest BCUT2D eigenvalue weighted by Gasteiger charge is 2.46. The van der Waals surface area contributed by atoms with Crippen LogP contribution in [0.5, 0.6) is 0 Å². The van der Waals surface area contributed by atoms with Crippen LogP contribution in [0, 0.1) is 0 Å². The van der Waals surface area contributed by atoms with E-state index in [9.17, 15) is 71.1 Å². The molecule has 69 heavy (non-hydrogen) atoms. The van der Waals surface area contributed by atoms with Crippen LogP contribution in [0.25, 0.3) is 0 Å². The summed E-state index contributed by atoms with van der Waals surface area (Å²) in [5, 5.41) is 3.06. The van der Waals surface area contributed by atoms with E-state index in [0.29, 0.717) is 58.2 Å². The van der Waals surface area contributed by atoms with Gasteiger partial charge in [0.05, 0.1) is 33.3 Å². The predicted octanol–water partition coefficient (Wildman–Crippen LogP) is 3.19. The van der Waals surface area contributed by atoms with E-state index in [-0.39, 0.29) is 74.0 Å². The van der Waals surface area contributed by atoms with Crippen molar-refractivity contribution in [1.82, 2.24) is 10.4 Å². The van der Waals surface area contributed by atoms with Gasteiger partial charge in [0.1, 0.15) is 13.2 Å². The van der Waals surface area contributed by atoms with Gasteiger partial charge in [0.15, 0.2) is 5.71 Å². The van der Waals surface area contributed by atoms with E-state index >= 15 is 0 Å². The van der Waals surface area contributed by atoms with E-state index in [1.807, 2.05) is 20.8 Å². The maximum atomic E-state index is 12.7.